The van der Waals surface area contributed by atoms with E-state index in [9.17, 15) is 4.79 Å². The highest BCUT2D eigenvalue weighted by atomic mass is 32.2. The molecule has 0 spiro atoms. The second-order valence-corrected chi connectivity index (χ2v) is 4.51. The molecule has 0 aliphatic carbocycles. The Hall–Kier alpha value is -1.24. The minimum Gasteiger partial charge on any atom is -0.267 e. The van der Waals surface area contributed by atoms with Crippen molar-refractivity contribution in [1.29, 1.82) is 0 Å². The predicted octanol–water partition coefficient (Wildman–Crippen LogP) is 1.16. The summed E-state index contributed by atoms with van der Waals surface area (Å²) in [6.45, 7) is 0. The molecule has 6 heteroatoms. The van der Waals surface area contributed by atoms with Crippen LogP contribution in [0, 0.1) is 0 Å². The minimum absolute atomic E-state index is 0.270. The van der Waals surface area contributed by atoms with Gasteiger partial charge in [0.15, 0.2) is 4.32 Å². The van der Waals surface area contributed by atoms with Gasteiger partial charge in [0, 0.05) is 12.4 Å². The largest absolute Gasteiger partial charge is 0.280 e. The topological polar surface area (TPSA) is 59.2 Å². The molecule has 0 saturated carbocycles. The van der Waals surface area contributed by atoms with Gasteiger partial charge in [-0.1, -0.05) is 30.0 Å². The number of rotatable bonds is 1. The van der Waals surface area contributed by atoms with Crippen LogP contribution in [0.3, 0.4) is 0 Å². The van der Waals surface area contributed by atoms with Crippen LogP contribution in [0.15, 0.2) is 29.4 Å². The Morgan fingerprint density at radius 2 is 2.40 bits per heavy atom. The number of thioether (sulfide) groups is 1. The molecule has 0 radical (unpaired) electrons. The van der Waals surface area contributed by atoms with Crippen molar-refractivity contribution in [3.8, 4) is 0 Å². The van der Waals surface area contributed by atoms with Gasteiger partial charge in [-0.3, -0.25) is 9.78 Å². The first-order chi connectivity index (χ1) is 7.18. The van der Waals surface area contributed by atoms with E-state index in [1.807, 2.05) is 6.07 Å². The molecular weight excluding hydrogens is 230 g/mol. The van der Waals surface area contributed by atoms with Gasteiger partial charge >= 0.3 is 0 Å². The van der Waals surface area contributed by atoms with Gasteiger partial charge in [0.25, 0.3) is 5.91 Å². The van der Waals surface area contributed by atoms with Crippen LogP contribution < -0.4 is 5.84 Å². The standard InChI is InChI=1S/C9H7N3OS2/c10-12-8(13)7(15-9(12)14)4-6-2-1-3-11-5-6/h1-5H,10H2/b7-4-. The highest BCUT2D eigenvalue weighted by Gasteiger charge is 2.29. The minimum atomic E-state index is -0.270. The van der Waals surface area contributed by atoms with Crippen molar-refractivity contribution in [1.82, 2.24) is 9.99 Å². The highest BCUT2D eigenvalue weighted by Crippen LogP contribution is 2.29. The molecule has 15 heavy (non-hydrogen) atoms. The average Bonchev–Trinajstić information content (AvgIpc) is 2.48. The number of hydrogen-bond acceptors (Lipinski definition) is 5. The fraction of sp³-hybridized carbons (Fsp3) is 0. The molecule has 2 N–H and O–H groups in total. The zero-order valence-corrected chi connectivity index (χ0v) is 9.22. The highest BCUT2D eigenvalue weighted by molar-refractivity contribution is 8.26. The van der Waals surface area contributed by atoms with Crippen LogP contribution in [0.25, 0.3) is 6.08 Å². The summed E-state index contributed by atoms with van der Waals surface area (Å²) in [7, 11) is 0. The number of pyridine rings is 1. The lowest BCUT2D eigenvalue weighted by Crippen LogP contribution is -2.34. The molecule has 4 nitrogen and oxygen atoms in total. The van der Waals surface area contributed by atoms with Gasteiger partial charge in [0.05, 0.1) is 4.91 Å². The Kier molecular flexibility index (Phi) is 2.81. The van der Waals surface area contributed by atoms with E-state index < -0.39 is 0 Å². The SMILES string of the molecule is NN1C(=O)/C(=C/c2cccnc2)SC1=S. The number of carbonyl (C=O) groups excluding carboxylic acids is 1. The first-order valence-electron chi connectivity index (χ1n) is 4.11. The lowest BCUT2D eigenvalue weighted by molar-refractivity contribution is -0.122. The second kappa shape index (κ2) is 4.09. The maximum absolute atomic E-state index is 11.5. The molecule has 2 heterocycles. The zero-order chi connectivity index (χ0) is 10.8. The summed E-state index contributed by atoms with van der Waals surface area (Å²) in [5, 5.41) is 0.974. The van der Waals surface area contributed by atoms with E-state index in [0.717, 1.165) is 10.6 Å². The summed E-state index contributed by atoms with van der Waals surface area (Å²) in [5.41, 5.74) is 0.853. The number of hydrogen-bond donors (Lipinski definition) is 1. The van der Waals surface area contributed by atoms with Crippen LogP contribution in [0.1, 0.15) is 5.56 Å². The van der Waals surface area contributed by atoms with E-state index in [0.29, 0.717) is 9.23 Å². The van der Waals surface area contributed by atoms with Crippen LogP contribution in [0.4, 0.5) is 0 Å². The van der Waals surface area contributed by atoms with Crippen molar-refractivity contribution in [3.05, 3.63) is 35.0 Å². The summed E-state index contributed by atoms with van der Waals surface area (Å²) in [6, 6.07) is 3.66. The first kappa shape index (κ1) is 10.3. The number of nitrogens with two attached hydrogens (primary N) is 1. The molecule has 1 amide bonds. The lowest BCUT2D eigenvalue weighted by Gasteiger charge is -2.02. The quantitative estimate of drug-likeness (QED) is 0.344. The zero-order valence-electron chi connectivity index (χ0n) is 7.58. The Morgan fingerprint density at radius 1 is 1.60 bits per heavy atom. The van der Waals surface area contributed by atoms with Gasteiger partial charge in [-0.25, -0.2) is 10.9 Å². The van der Waals surface area contributed by atoms with Crippen LogP contribution in [0.5, 0.6) is 0 Å². The van der Waals surface area contributed by atoms with Crippen molar-refractivity contribution in [2.45, 2.75) is 0 Å². The third-order valence-corrected chi connectivity index (χ3v) is 3.14. The lowest BCUT2D eigenvalue weighted by atomic mass is 10.2. The number of amides is 1. The molecule has 1 aliphatic rings. The molecule has 0 aromatic carbocycles. The van der Waals surface area contributed by atoms with Crippen molar-refractivity contribution in [3.63, 3.8) is 0 Å². The van der Waals surface area contributed by atoms with Gasteiger partial charge in [0.1, 0.15) is 0 Å². The molecule has 1 aromatic rings. The van der Waals surface area contributed by atoms with E-state index in [2.05, 4.69) is 4.98 Å². The Balaban J connectivity index is 2.30. The first-order valence-corrected chi connectivity index (χ1v) is 5.33. The number of thiocarbonyl (C=S) groups is 1. The normalized spacial score (nSPS) is 19.0. The van der Waals surface area contributed by atoms with Crippen molar-refractivity contribution >= 4 is 40.3 Å². The van der Waals surface area contributed by atoms with Gasteiger partial charge in [-0.05, 0) is 17.7 Å². The number of aromatic nitrogens is 1. The average molecular weight is 237 g/mol. The van der Waals surface area contributed by atoms with Crippen LogP contribution >= 0.6 is 24.0 Å². The maximum atomic E-state index is 11.5. The molecule has 2 rings (SSSR count). The van der Waals surface area contributed by atoms with Gasteiger partial charge in [-0.15, -0.1) is 0 Å². The molecule has 0 bridgehead atoms. The third kappa shape index (κ3) is 2.06. The third-order valence-electron chi connectivity index (χ3n) is 1.81. The van der Waals surface area contributed by atoms with Crippen molar-refractivity contribution < 1.29 is 4.79 Å². The van der Waals surface area contributed by atoms with Gasteiger partial charge in [0.2, 0.25) is 0 Å². The van der Waals surface area contributed by atoms with Crippen LogP contribution in [0.2, 0.25) is 0 Å². The van der Waals surface area contributed by atoms with E-state index in [-0.39, 0.29) is 5.91 Å². The Labute approximate surface area is 96.1 Å². The summed E-state index contributed by atoms with van der Waals surface area (Å²) in [6.07, 6.45) is 5.06. The van der Waals surface area contributed by atoms with Crippen molar-refractivity contribution in [2.75, 3.05) is 0 Å². The molecule has 0 unspecified atom stereocenters. The van der Waals surface area contributed by atoms with Crippen LogP contribution in [-0.4, -0.2) is 20.2 Å². The van der Waals surface area contributed by atoms with E-state index in [4.69, 9.17) is 18.1 Å². The van der Waals surface area contributed by atoms with Gasteiger partial charge < -0.3 is 0 Å². The molecule has 1 saturated heterocycles. The molecule has 0 atom stereocenters. The summed E-state index contributed by atoms with van der Waals surface area (Å²) < 4.78 is 0.371. The van der Waals surface area contributed by atoms with E-state index in [1.54, 1.807) is 24.5 Å². The van der Waals surface area contributed by atoms with E-state index >= 15 is 0 Å². The predicted molar refractivity (Wildman–Crippen MR) is 63.4 cm³/mol. The molecule has 1 fully saturated rings. The Bertz CT molecular complexity index is 444. The monoisotopic (exact) mass is 237 g/mol. The number of hydrazine groups is 1. The fourth-order valence-electron chi connectivity index (χ4n) is 1.09. The van der Waals surface area contributed by atoms with Crippen LogP contribution in [-0.2, 0) is 4.79 Å². The molecule has 1 aromatic heterocycles. The molecule has 76 valence electrons. The molecular formula is C9H7N3OS2. The van der Waals surface area contributed by atoms with E-state index in [1.165, 1.54) is 11.8 Å². The smallest absolute Gasteiger partial charge is 0.267 e. The Morgan fingerprint density at radius 3 is 2.93 bits per heavy atom. The second-order valence-electron chi connectivity index (χ2n) is 2.84. The number of carbonyl (C=O) groups is 1. The number of nitrogens with zero attached hydrogens (tertiary/aromatic N) is 2. The molecule has 1 aliphatic heterocycles. The fourth-order valence-corrected chi connectivity index (χ4v) is 2.19. The summed E-state index contributed by atoms with van der Waals surface area (Å²) >= 11 is 6.09. The van der Waals surface area contributed by atoms with Crippen molar-refractivity contribution in [2.24, 2.45) is 5.84 Å². The maximum Gasteiger partial charge on any atom is 0.280 e. The van der Waals surface area contributed by atoms with Gasteiger partial charge in [-0.2, -0.15) is 0 Å². The summed E-state index contributed by atoms with van der Waals surface area (Å²) in [4.78, 5) is 16.0. The summed E-state index contributed by atoms with van der Waals surface area (Å²) in [5.74, 6) is 5.16.